The van der Waals surface area contributed by atoms with E-state index in [-0.39, 0.29) is 41.4 Å². The summed E-state index contributed by atoms with van der Waals surface area (Å²) >= 11 is 6.11. The Kier molecular flexibility index (Phi) is 5.68. The van der Waals surface area contributed by atoms with E-state index in [1.807, 2.05) is 26.0 Å². The number of benzene rings is 1. The van der Waals surface area contributed by atoms with Crippen LogP contribution in [-0.2, 0) is 4.79 Å². The van der Waals surface area contributed by atoms with E-state index in [0.717, 1.165) is 30.4 Å². The molecule has 188 valence electrons. The highest BCUT2D eigenvalue weighted by Gasteiger charge is 2.53. The Morgan fingerprint density at radius 3 is 2.73 bits per heavy atom. The van der Waals surface area contributed by atoms with Gasteiger partial charge in [0.25, 0.3) is 5.91 Å². The molecule has 3 atom stereocenters. The minimum absolute atomic E-state index is 0.00871. The Balaban J connectivity index is 1.08. The molecule has 1 aromatic carbocycles. The maximum absolute atomic E-state index is 12.8. The summed E-state index contributed by atoms with van der Waals surface area (Å²) in [5.41, 5.74) is 3.36. The summed E-state index contributed by atoms with van der Waals surface area (Å²) in [5.74, 6) is 1.24. The summed E-state index contributed by atoms with van der Waals surface area (Å²) in [5, 5.41) is 29.9. The molecule has 1 unspecified atom stereocenters. The molecule has 2 amide bonds. The highest BCUT2D eigenvalue weighted by atomic mass is 35.5. The number of anilines is 1. The van der Waals surface area contributed by atoms with E-state index >= 15 is 0 Å². The van der Waals surface area contributed by atoms with Gasteiger partial charge in [-0.15, -0.1) is 10.2 Å². The van der Waals surface area contributed by atoms with Crippen LogP contribution in [-0.4, -0.2) is 49.6 Å². The minimum atomic E-state index is -0.294. The monoisotopic (exact) mass is 516 g/mol. The number of carbonyl (C=O) groups excluding carboxylic acids is 2. The lowest BCUT2D eigenvalue weighted by Gasteiger charge is -2.36. The van der Waals surface area contributed by atoms with E-state index in [1.54, 1.807) is 27.9 Å². The molecule has 3 fully saturated rings. The number of fused-ring (bicyclic) bond motifs is 1. The van der Waals surface area contributed by atoms with Crippen LogP contribution in [0.25, 0.3) is 0 Å². The molecule has 3 heterocycles. The van der Waals surface area contributed by atoms with Crippen molar-refractivity contribution in [3.8, 4) is 6.07 Å². The molecule has 6 rings (SSSR count). The van der Waals surface area contributed by atoms with Gasteiger partial charge < -0.3 is 5.32 Å². The number of hydrogen-bond acceptors (Lipinski definition) is 7. The summed E-state index contributed by atoms with van der Waals surface area (Å²) in [6.07, 6.45) is 4.05. The van der Waals surface area contributed by atoms with Gasteiger partial charge in [-0.1, -0.05) is 16.8 Å². The molecule has 0 radical (unpaired) electrons. The van der Waals surface area contributed by atoms with Crippen molar-refractivity contribution in [3.05, 3.63) is 63.6 Å². The number of piperidine rings is 1. The first-order chi connectivity index (χ1) is 17.8. The number of amides is 2. The van der Waals surface area contributed by atoms with E-state index in [1.165, 1.54) is 0 Å². The number of rotatable bonds is 6. The van der Waals surface area contributed by atoms with Crippen LogP contribution in [0.4, 0.5) is 5.82 Å². The lowest BCUT2D eigenvalue weighted by molar-refractivity contribution is -0.118. The van der Waals surface area contributed by atoms with Gasteiger partial charge in [0.15, 0.2) is 11.5 Å². The second-order valence-corrected chi connectivity index (χ2v) is 10.7. The number of nitrogens with one attached hydrogen (secondary N) is 1. The van der Waals surface area contributed by atoms with Gasteiger partial charge in [0.1, 0.15) is 0 Å². The van der Waals surface area contributed by atoms with Crippen LogP contribution in [0.1, 0.15) is 71.0 Å². The standard InChI is InChI=1S/C26H25ClN8O2/c1-13-5-23(34-11-17-8-21(17)26(34)37)31-32-24(13)14(2)35-12-22(30-33-35)25(36)29-19-6-16(7-19)20-9-18(27)4-3-15(20)10-28/h3-5,9,12,14,16-17,19,21H,6-8,11H2,1-2H3,(H,29,36)/t14?,16-,17-,19+,21-/m1/s1. The summed E-state index contributed by atoms with van der Waals surface area (Å²) in [6, 6.07) is 9.07. The predicted molar refractivity (Wildman–Crippen MR) is 134 cm³/mol. The van der Waals surface area contributed by atoms with Crippen LogP contribution >= 0.6 is 11.6 Å². The van der Waals surface area contributed by atoms with Gasteiger partial charge in [0, 0.05) is 23.5 Å². The highest BCUT2D eigenvalue weighted by molar-refractivity contribution is 6.30. The van der Waals surface area contributed by atoms with Gasteiger partial charge in [0.05, 0.1) is 29.6 Å². The first-order valence-electron chi connectivity index (χ1n) is 12.4. The van der Waals surface area contributed by atoms with Crippen molar-refractivity contribution in [1.82, 2.24) is 30.5 Å². The average Bonchev–Trinajstić information content (AvgIpc) is 3.31. The summed E-state index contributed by atoms with van der Waals surface area (Å²) in [7, 11) is 0. The third-order valence-electron chi connectivity index (χ3n) is 7.79. The molecule has 11 heteroatoms. The molecule has 1 aliphatic heterocycles. The summed E-state index contributed by atoms with van der Waals surface area (Å²) in [4.78, 5) is 26.9. The van der Waals surface area contributed by atoms with Gasteiger partial charge in [-0.2, -0.15) is 10.4 Å². The first kappa shape index (κ1) is 23.6. The third kappa shape index (κ3) is 4.23. The van der Waals surface area contributed by atoms with E-state index in [9.17, 15) is 14.9 Å². The van der Waals surface area contributed by atoms with Gasteiger partial charge >= 0.3 is 0 Å². The van der Waals surface area contributed by atoms with E-state index in [4.69, 9.17) is 11.6 Å². The smallest absolute Gasteiger partial charge is 0.273 e. The quantitative estimate of drug-likeness (QED) is 0.532. The van der Waals surface area contributed by atoms with Crippen LogP contribution in [0, 0.1) is 30.1 Å². The van der Waals surface area contributed by atoms with Crippen molar-refractivity contribution in [2.45, 2.75) is 51.1 Å². The molecule has 1 saturated heterocycles. The normalized spacial score (nSPS) is 24.7. The van der Waals surface area contributed by atoms with Gasteiger partial charge in [-0.05, 0) is 80.3 Å². The molecular formula is C26H25ClN8O2. The molecule has 2 aliphatic carbocycles. The van der Waals surface area contributed by atoms with Crippen molar-refractivity contribution in [3.63, 3.8) is 0 Å². The van der Waals surface area contributed by atoms with Crippen molar-refractivity contribution < 1.29 is 9.59 Å². The molecule has 0 bridgehead atoms. The lowest BCUT2D eigenvalue weighted by atomic mass is 9.74. The number of carbonyl (C=O) groups is 2. The lowest BCUT2D eigenvalue weighted by Crippen LogP contribution is -2.43. The van der Waals surface area contributed by atoms with Crippen LogP contribution in [0.2, 0.25) is 5.02 Å². The average molecular weight is 517 g/mol. The van der Waals surface area contributed by atoms with E-state index in [2.05, 4.69) is 31.9 Å². The fourth-order valence-electron chi connectivity index (χ4n) is 5.43. The molecule has 1 N–H and O–H groups in total. The second-order valence-electron chi connectivity index (χ2n) is 10.3. The van der Waals surface area contributed by atoms with Crippen LogP contribution in [0.3, 0.4) is 0 Å². The predicted octanol–water partition coefficient (Wildman–Crippen LogP) is 3.17. The molecule has 37 heavy (non-hydrogen) atoms. The Bertz CT molecular complexity index is 1460. The van der Waals surface area contributed by atoms with Crippen LogP contribution < -0.4 is 10.2 Å². The van der Waals surface area contributed by atoms with Crippen LogP contribution in [0.15, 0.2) is 30.5 Å². The van der Waals surface area contributed by atoms with Crippen molar-refractivity contribution >= 4 is 29.2 Å². The molecule has 10 nitrogen and oxygen atoms in total. The topological polar surface area (TPSA) is 130 Å². The number of nitriles is 1. The Morgan fingerprint density at radius 1 is 1.22 bits per heavy atom. The first-order valence-corrected chi connectivity index (χ1v) is 12.8. The van der Waals surface area contributed by atoms with E-state index < -0.39 is 0 Å². The zero-order valence-electron chi connectivity index (χ0n) is 20.4. The second kappa shape index (κ2) is 8.92. The molecule has 3 aromatic rings. The molecule has 0 spiro atoms. The number of hydrogen-bond donors (Lipinski definition) is 1. The van der Waals surface area contributed by atoms with E-state index in [0.29, 0.717) is 34.6 Å². The fourth-order valence-corrected chi connectivity index (χ4v) is 5.61. The Morgan fingerprint density at radius 2 is 2.03 bits per heavy atom. The molecule has 2 saturated carbocycles. The third-order valence-corrected chi connectivity index (χ3v) is 8.03. The molecule has 2 aromatic heterocycles. The SMILES string of the molecule is Cc1cc(N2C[C@H]3C[C@H]3C2=O)nnc1C(C)n1cc(C(=O)N[C@H]2C[C@@H](c3cc(Cl)ccc3C#N)C2)nn1. The molecular weight excluding hydrogens is 492 g/mol. The number of aryl methyl sites for hydroxylation is 1. The number of aromatic nitrogens is 5. The number of halogens is 1. The molecule has 3 aliphatic rings. The number of nitrogens with zero attached hydrogens (tertiary/aromatic N) is 7. The highest BCUT2D eigenvalue weighted by Crippen LogP contribution is 2.47. The van der Waals surface area contributed by atoms with Crippen molar-refractivity contribution in [2.75, 3.05) is 11.4 Å². The maximum atomic E-state index is 12.8. The Labute approximate surface area is 218 Å². The van der Waals surface area contributed by atoms with Gasteiger partial charge in [-0.3, -0.25) is 14.5 Å². The zero-order chi connectivity index (χ0) is 25.8. The zero-order valence-corrected chi connectivity index (χ0v) is 21.2. The Hall–Kier alpha value is -3.84. The van der Waals surface area contributed by atoms with Gasteiger partial charge in [0.2, 0.25) is 5.91 Å². The van der Waals surface area contributed by atoms with Crippen molar-refractivity contribution in [2.24, 2.45) is 11.8 Å². The minimum Gasteiger partial charge on any atom is -0.348 e. The summed E-state index contributed by atoms with van der Waals surface area (Å²) < 4.78 is 1.59. The fraction of sp³-hybridized carbons (Fsp3) is 0.423. The maximum Gasteiger partial charge on any atom is 0.273 e. The van der Waals surface area contributed by atoms with Crippen LogP contribution in [0.5, 0.6) is 0 Å². The van der Waals surface area contributed by atoms with Crippen molar-refractivity contribution in [1.29, 1.82) is 5.26 Å². The van der Waals surface area contributed by atoms with Gasteiger partial charge in [-0.25, -0.2) is 4.68 Å². The summed E-state index contributed by atoms with van der Waals surface area (Å²) in [6.45, 7) is 4.56. The largest absolute Gasteiger partial charge is 0.348 e.